The van der Waals surface area contributed by atoms with Crippen molar-refractivity contribution in [1.29, 1.82) is 0 Å². The molecule has 2 bridgehead atoms. The van der Waals surface area contributed by atoms with Gasteiger partial charge in [-0.15, -0.1) is 0 Å². The van der Waals surface area contributed by atoms with Crippen molar-refractivity contribution in [3.05, 3.63) is 0 Å². The van der Waals surface area contributed by atoms with Crippen LogP contribution in [-0.4, -0.2) is 5.78 Å². The lowest BCUT2D eigenvalue weighted by atomic mass is 9.81. The monoisotopic (exact) mass is 138 g/mol. The van der Waals surface area contributed by atoms with Gasteiger partial charge in [0.2, 0.25) is 0 Å². The van der Waals surface area contributed by atoms with Crippen molar-refractivity contribution in [2.45, 2.75) is 32.6 Å². The van der Waals surface area contributed by atoms with Crippen LogP contribution in [-0.2, 0) is 4.79 Å². The lowest BCUT2D eigenvalue weighted by Crippen LogP contribution is -2.25. The molecule has 2 aliphatic rings. The number of carbonyl (C=O) groups is 1. The summed E-state index contributed by atoms with van der Waals surface area (Å²) in [6.45, 7) is 2.09. The van der Waals surface area contributed by atoms with Crippen LogP contribution < -0.4 is 0 Å². The Morgan fingerprint density at radius 2 is 2.10 bits per heavy atom. The number of fused-ring (bicyclic) bond motifs is 2. The summed E-state index contributed by atoms with van der Waals surface area (Å²) in [4.78, 5) is 11.4. The molecule has 0 aromatic rings. The third-order valence-corrected chi connectivity index (χ3v) is 3.12. The summed E-state index contributed by atoms with van der Waals surface area (Å²) in [6.07, 6.45) is 4.90. The maximum absolute atomic E-state index is 11.4. The molecule has 1 nitrogen and oxygen atoms in total. The van der Waals surface area contributed by atoms with E-state index >= 15 is 0 Å². The predicted molar refractivity (Wildman–Crippen MR) is 39.6 cm³/mol. The van der Waals surface area contributed by atoms with Gasteiger partial charge in [-0.05, 0) is 31.6 Å². The molecule has 0 spiro atoms. The molecule has 3 atom stereocenters. The Hall–Kier alpha value is -0.330. The average Bonchev–Trinajstić information content (AvgIpc) is 2.29. The molecular formula is C9H14O. The Morgan fingerprint density at radius 3 is 2.90 bits per heavy atom. The summed E-state index contributed by atoms with van der Waals surface area (Å²) >= 11 is 0. The van der Waals surface area contributed by atoms with Gasteiger partial charge in [-0.2, -0.15) is 0 Å². The molecule has 10 heavy (non-hydrogen) atoms. The van der Waals surface area contributed by atoms with Gasteiger partial charge in [0, 0.05) is 11.8 Å². The standard InChI is InChI=1S/C9H14O/c1-6-4-7-2-3-8(5-7)9(6)10/h6-8H,2-5H2,1H3/t6-,7-,8-/m1/s1. The fraction of sp³-hybridized carbons (Fsp3) is 0.889. The highest BCUT2D eigenvalue weighted by Gasteiger charge is 2.38. The van der Waals surface area contributed by atoms with E-state index < -0.39 is 0 Å². The van der Waals surface area contributed by atoms with Gasteiger partial charge in [0.1, 0.15) is 5.78 Å². The molecule has 1 heteroatoms. The van der Waals surface area contributed by atoms with Crippen molar-refractivity contribution in [2.75, 3.05) is 0 Å². The van der Waals surface area contributed by atoms with Gasteiger partial charge in [-0.3, -0.25) is 4.79 Å². The first-order valence-corrected chi connectivity index (χ1v) is 4.31. The molecule has 56 valence electrons. The second-order valence-electron chi connectivity index (χ2n) is 3.92. The van der Waals surface area contributed by atoms with Crippen molar-refractivity contribution in [2.24, 2.45) is 17.8 Å². The molecule has 2 saturated carbocycles. The zero-order valence-electron chi connectivity index (χ0n) is 6.47. The second-order valence-corrected chi connectivity index (χ2v) is 3.92. The van der Waals surface area contributed by atoms with E-state index in [4.69, 9.17) is 0 Å². The van der Waals surface area contributed by atoms with Crippen LogP contribution in [0.15, 0.2) is 0 Å². The number of Topliss-reactive ketones (excluding diaryl/α,β-unsaturated/α-hetero) is 1. The maximum atomic E-state index is 11.4. The molecule has 0 N–H and O–H groups in total. The zero-order chi connectivity index (χ0) is 7.14. The Bertz CT molecular complexity index is 162. The summed E-state index contributed by atoms with van der Waals surface area (Å²) in [7, 11) is 0. The third-order valence-electron chi connectivity index (χ3n) is 3.12. The van der Waals surface area contributed by atoms with E-state index in [1.54, 1.807) is 0 Å². The fourth-order valence-electron chi connectivity index (χ4n) is 2.57. The normalized spacial score (nSPS) is 46.1. The van der Waals surface area contributed by atoms with Crippen molar-refractivity contribution in [1.82, 2.24) is 0 Å². The molecule has 0 aromatic heterocycles. The van der Waals surface area contributed by atoms with Crippen LogP contribution >= 0.6 is 0 Å². The van der Waals surface area contributed by atoms with Crippen LogP contribution in [0.1, 0.15) is 32.6 Å². The van der Waals surface area contributed by atoms with Gasteiger partial charge in [0.15, 0.2) is 0 Å². The predicted octanol–water partition coefficient (Wildman–Crippen LogP) is 2.01. The Morgan fingerprint density at radius 1 is 1.30 bits per heavy atom. The number of carbonyl (C=O) groups excluding carboxylic acids is 1. The van der Waals surface area contributed by atoms with E-state index in [-0.39, 0.29) is 0 Å². The second kappa shape index (κ2) is 2.08. The number of ketones is 1. The Balaban J connectivity index is 2.17. The van der Waals surface area contributed by atoms with Crippen LogP contribution in [0.3, 0.4) is 0 Å². The van der Waals surface area contributed by atoms with Gasteiger partial charge in [0.05, 0.1) is 0 Å². The molecule has 2 aliphatic carbocycles. The highest BCUT2D eigenvalue weighted by Crippen LogP contribution is 2.42. The largest absolute Gasteiger partial charge is 0.299 e. The summed E-state index contributed by atoms with van der Waals surface area (Å²) in [6, 6.07) is 0. The van der Waals surface area contributed by atoms with E-state index in [9.17, 15) is 4.79 Å². The minimum Gasteiger partial charge on any atom is -0.299 e. The van der Waals surface area contributed by atoms with E-state index in [0.717, 1.165) is 5.92 Å². The zero-order valence-corrected chi connectivity index (χ0v) is 6.47. The summed E-state index contributed by atoms with van der Waals surface area (Å²) in [5.74, 6) is 2.30. The smallest absolute Gasteiger partial charge is 0.138 e. The molecule has 0 aromatic carbocycles. The van der Waals surface area contributed by atoms with Gasteiger partial charge < -0.3 is 0 Å². The van der Waals surface area contributed by atoms with Crippen molar-refractivity contribution in [3.63, 3.8) is 0 Å². The van der Waals surface area contributed by atoms with Crippen molar-refractivity contribution in [3.8, 4) is 0 Å². The average molecular weight is 138 g/mol. The molecule has 0 aliphatic heterocycles. The van der Waals surface area contributed by atoms with Gasteiger partial charge >= 0.3 is 0 Å². The van der Waals surface area contributed by atoms with E-state index in [1.165, 1.54) is 25.7 Å². The van der Waals surface area contributed by atoms with Crippen molar-refractivity contribution < 1.29 is 4.79 Å². The SMILES string of the molecule is C[C@@H]1C[C@H]2CC[C@H](C2)C1=O. The third kappa shape index (κ3) is 0.799. The topological polar surface area (TPSA) is 17.1 Å². The minimum atomic E-state index is 0.381. The molecule has 0 radical (unpaired) electrons. The highest BCUT2D eigenvalue weighted by atomic mass is 16.1. The highest BCUT2D eigenvalue weighted by molar-refractivity contribution is 5.84. The van der Waals surface area contributed by atoms with E-state index in [0.29, 0.717) is 17.6 Å². The van der Waals surface area contributed by atoms with Gasteiger partial charge in [-0.25, -0.2) is 0 Å². The first-order chi connectivity index (χ1) is 4.77. The molecule has 0 amide bonds. The first kappa shape index (κ1) is 6.38. The number of hydrogen-bond acceptors (Lipinski definition) is 1. The fourth-order valence-corrected chi connectivity index (χ4v) is 2.57. The molecule has 0 saturated heterocycles. The van der Waals surface area contributed by atoms with Crippen LogP contribution in [0, 0.1) is 17.8 Å². The number of hydrogen-bond donors (Lipinski definition) is 0. The Kier molecular flexibility index (Phi) is 1.33. The molecule has 2 fully saturated rings. The van der Waals surface area contributed by atoms with Gasteiger partial charge in [0.25, 0.3) is 0 Å². The molecule has 0 unspecified atom stereocenters. The van der Waals surface area contributed by atoms with Crippen LogP contribution in [0.2, 0.25) is 0 Å². The van der Waals surface area contributed by atoms with E-state index in [2.05, 4.69) is 6.92 Å². The van der Waals surface area contributed by atoms with Crippen LogP contribution in [0.5, 0.6) is 0 Å². The maximum Gasteiger partial charge on any atom is 0.138 e. The summed E-state index contributed by atoms with van der Waals surface area (Å²) in [5, 5.41) is 0. The molecule has 2 rings (SSSR count). The lowest BCUT2D eigenvalue weighted by molar-refractivity contribution is -0.128. The lowest BCUT2D eigenvalue weighted by Gasteiger charge is -2.22. The van der Waals surface area contributed by atoms with Gasteiger partial charge in [-0.1, -0.05) is 6.92 Å². The Labute approximate surface area is 61.8 Å². The quantitative estimate of drug-likeness (QED) is 0.500. The first-order valence-electron chi connectivity index (χ1n) is 4.31. The molecular weight excluding hydrogens is 124 g/mol. The van der Waals surface area contributed by atoms with Crippen LogP contribution in [0.4, 0.5) is 0 Å². The molecule has 0 heterocycles. The number of rotatable bonds is 0. The minimum absolute atomic E-state index is 0.381. The summed E-state index contributed by atoms with van der Waals surface area (Å²) in [5.41, 5.74) is 0. The van der Waals surface area contributed by atoms with E-state index in [1.807, 2.05) is 0 Å². The van der Waals surface area contributed by atoms with Crippen LogP contribution in [0.25, 0.3) is 0 Å². The van der Waals surface area contributed by atoms with Crippen molar-refractivity contribution >= 4 is 5.78 Å². The summed E-state index contributed by atoms with van der Waals surface area (Å²) < 4.78 is 0.